The third kappa shape index (κ3) is 5.18. The summed E-state index contributed by atoms with van der Waals surface area (Å²) in [4.78, 5) is 42.1. The molecule has 39 heavy (non-hydrogen) atoms. The number of ether oxygens (including phenoxy) is 1. The van der Waals surface area contributed by atoms with Crippen LogP contribution < -0.4 is 15.2 Å². The molecule has 1 aromatic carbocycles. The maximum atomic E-state index is 13.0. The molecule has 10 nitrogen and oxygen atoms in total. The van der Waals surface area contributed by atoms with E-state index in [9.17, 15) is 18.4 Å². The molecule has 3 aromatic heterocycles. The van der Waals surface area contributed by atoms with E-state index in [0.29, 0.717) is 47.9 Å². The molecule has 0 aliphatic carbocycles. The molecule has 0 spiro atoms. The van der Waals surface area contributed by atoms with Crippen LogP contribution in [0.15, 0.2) is 47.5 Å². The third-order valence-corrected chi connectivity index (χ3v) is 7.04. The van der Waals surface area contributed by atoms with Crippen LogP contribution in [0.3, 0.4) is 0 Å². The van der Waals surface area contributed by atoms with Crippen LogP contribution in [0.5, 0.6) is 5.75 Å². The zero-order chi connectivity index (χ0) is 27.8. The van der Waals surface area contributed by atoms with Crippen molar-refractivity contribution in [1.82, 2.24) is 29.2 Å². The van der Waals surface area contributed by atoms with Crippen LogP contribution >= 0.6 is 0 Å². The molecular weight excluding hydrogens is 508 g/mol. The Hall–Kier alpha value is -4.35. The fourth-order valence-corrected chi connectivity index (χ4v) is 5.04. The third-order valence-electron chi connectivity index (χ3n) is 7.04. The van der Waals surface area contributed by atoms with Crippen molar-refractivity contribution in [3.05, 3.63) is 64.5 Å². The highest BCUT2D eigenvalue weighted by molar-refractivity contribution is 5.84. The van der Waals surface area contributed by atoms with E-state index < -0.39 is 6.61 Å². The Morgan fingerprint density at radius 1 is 1.13 bits per heavy atom. The lowest BCUT2D eigenvalue weighted by Gasteiger charge is -2.39. The number of nitrogens with zero attached hydrogens (tertiary/aromatic N) is 7. The van der Waals surface area contributed by atoms with Crippen molar-refractivity contribution in [1.29, 1.82) is 0 Å². The second-order valence-corrected chi connectivity index (χ2v) is 9.67. The summed E-state index contributed by atoms with van der Waals surface area (Å²) in [6.07, 6.45) is 3.46. The number of aromatic nitrogens is 5. The summed E-state index contributed by atoms with van der Waals surface area (Å²) >= 11 is 0. The topological polar surface area (TPSA) is 98.4 Å². The average molecular weight is 538 g/mol. The van der Waals surface area contributed by atoms with Crippen molar-refractivity contribution in [3.63, 3.8) is 0 Å². The summed E-state index contributed by atoms with van der Waals surface area (Å²) in [5.41, 5.74) is 2.89. The molecule has 1 atom stereocenters. The maximum Gasteiger partial charge on any atom is 0.387 e. The molecule has 0 N–H and O–H groups in total. The van der Waals surface area contributed by atoms with Crippen molar-refractivity contribution in [2.45, 2.75) is 40.0 Å². The SMILES string of the molecule is CC(=O)N1CCN(c2ncc(-c3ccc4c(=O)n(C)n(Cc5nc(C)ccc5OC(F)F)c4c3)cn2)CC1C. The van der Waals surface area contributed by atoms with Crippen LogP contribution in [0.4, 0.5) is 14.7 Å². The van der Waals surface area contributed by atoms with Gasteiger partial charge in [0, 0.05) is 63.3 Å². The van der Waals surface area contributed by atoms with E-state index in [1.54, 1.807) is 50.1 Å². The Kier molecular flexibility index (Phi) is 7.02. The van der Waals surface area contributed by atoms with Gasteiger partial charge in [-0.25, -0.2) is 9.97 Å². The highest BCUT2D eigenvalue weighted by Gasteiger charge is 2.26. The molecule has 12 heteroatoms. The summed E-state index contributed by atoms with van der Waals surface area (Å²) < 4.78 is 33.8. The Labute approximate surface area is 223 Å². The van der Waals surface area contributed by atoms with Gasteiger partial charge in [0.15, 0.2) is 0 Å². The number of carbonyl (C=O) groups excluding carboxylic acids is 1. The average Bonchev–Trinajstić information content (AvgIpc) is 3.14. The zero-order valence-corrected chi connectivity index (χ0v) is 22.1. The van der Waals surface area contributed by atoms with Gasteiger partial charge >= 0.3 is 6.61 Å². The number of pyridine rings is 1. The zero-order valence-electron chi connectivity index (χ0n) is 22.1. The van der Waals surface area contributed by atoms with Gasteiger partial charge in [-0.2, -0.15) is 8.78 Å². The minimum atomic E-state index is -2.99. The molecule has 204 valence electrons. The van der Waals surface area contributed by atoms with Crippen molar-refractivity contribution in [2.24, 2.45) is 7.05 Å². The highest BCUT2D eigenvalue weighted by Crippen LogP contribution is 2.26. The van der Waals surface area contributed by atoms with Crippen molar-refractivity contribution in [2.75, 3.05) is 24.5 Å². The number of halogens is 2. The number of hydrogen-bond donors (Lipinski definition) is 0. The van der Waals surface area contributed by atoms with E-state index in [4.69, 9.17) is 0 Å². The molecular formula is C27H29F2N7O3. The maximum absolute atomic E-state index is 13.0. The predicted molar refractivity (Wildman–Crippen MR) is 142 cm³/mol. The van der Waals surface area contributed by atoms with E-state index in [0.717, 1.165) is 11.1 Å². The van der Waals surface area contributed by atoms with Gasteiger partial charge in [0.05, 0.1) is 17.4 Å². The van der Waals surface area contributed by atoms with Gasteiger partial charge in [0.1, 0.15) is 11.4 Å². The van der Waals surface area contributed by atoms with E-state index in [1.165, 1.54) is 10.7 Å². The minimum Gasteiger partial charge on any atom is -0.433 e. The minimum absolute atomic E-state index is 0.0384. The normalized spacial score (nSPS) is 15.8. The number of amides is 1. The quantitative estimate of drug-likeness (QED) is 0.373. The molecule has 1 fully saturated rings. The molecule has 1 saturated heterocycles. The smallest absolute Gasteiger partial charge is 0.387 e. The van der Waals surface area contributed by atoms with Crippen molar-refractivity contribution in [3.8, 4) is 16.9 Å². The van der Waals surface area contributed by atoms with Crippen LogP contribution in [-0.2, 0) is 18.4 Å². The number of anilines is 1. The number of hydrogen-bond acceptors (Lipinski definition) is 7. The Bertz CT molecular complexity index is 1580. The Morgan fingerprint density at radius 2 is 1.87 bits per heavy atom. The second-order valence-electron chi connectivity index (χ2n) is 9.67. The van der Waals surface area contributed by atoms with Gasteiger partial charge in [-0.1, -0.05) is 6.07 Å². The van der Waals surface area contributed by atoms with Crippen molar-refractivity contribution < 1.29 is 18.3 Å². The molecule has 4 heterocycles. The molecule has 1 aliphatic rings. The molecule has 0 bridgehead atoms. The number of fused-ring (bicyclic) bond motifs is 1. The number of alkyl halides is 2. The van der Waals surface area contributed by atoms with E-state index >= 15 is 0 Å². The van der Waals surface area contributed by atoms with Crippen molar-refractivity contribution >= 4 is 22.8 Å². The summed E-state index contributed by atoms with van der Waals surface area (Å²) in [5.74, 6) is 0.608. The number of benzene rings is 1. The number of aryl methyl sites for hydroxylation is 1. The second kappa shape index (κ2) is 10.4. The first-order valence-corrected chi connectivity index (χ1v) is 12.6. The van der Waals surface area contributed by atoms with Gasteiger partial charge in [-0.3, -0.25) is 23.9 Å². The highest BCUT2D eigenvalue weighted by atomic mass is 19.3. The number of carbonyl (C=O) groups is 1. The van der Waals surface area contributed by atoms with Gasteiger partial charge in [-0.05, 0) is 43.7 Å². The first kappa shape index (κ1) is 26.3. The summed E-state index contributed by atoms with van der Waals surface area (Å²) in [6, 6.07) is 8.53. The summed E-state index contributed by atoms with van der Waals surface area (Å²) in [6.45, 7) is 4.31. The molecule has 1 unspecified atom stereocenters. The van der Waals surface area contributed by atoms with Crippen LogP contribution in [0.25, 0.3) is 22.0 Å². The molecule has 1 amide bonds. The molecule has 0 radical (unpaired) electrons. The van der Waals surface area contributed by atoms with E-state index in [-0.39, 0.29) is 29.8 Å². The fourth-order valence-electron chi connectivity index (χ4n) is 5.04. The monoisotopic (exact) mass is 537 g/mol. The van der Waals surface area contributed by atoms with Crippen LogP contribution in [0.1, 0.15) is 25.2 Å². The first-order valence-electron chi connectivity index (χ1n) is 12.6. The lowest BCUT2D eigenvalue weighted by Crippen LogP contribution is -2.53. The largest absolute Gasteiger partial charge is 0.433 e. The lowest BCUT2D eigenvalue weighted by molar-refractivity contribution is -0.131. The summed E-state index contributed by atoms with van der Waals surface area (Å²) in [5, 5.41) is 0.486. The number of rotatable bonds is 6. The van der Waals surface area contributed by atoms with Gasteiger partial charge in [0.2, 0.25) is 11.9 Å². The Balaban J connectivity index is 1.45. The van der Waals surface area contributed by atoms with Crippen LogP contribution in [0.2, 0.25) is 0 Å². The summed E-state index contributed by atoms with van der Waals surface area (Å²) in [7, 11) is 1.62. The molecule has 4 aromatic rings. The predicted octanol–water partition coefficient (Wildman–Crippen LogP) is 3.21. The molecule has 5 rings (SSSR count). The Morgan fingerprint density at radius 3 is 2.54 bits per heavy atom. The number of piperazine rings is 1. The van der Waals surface area contributed by atoms with Gasteiger partial charge in [-0.15, -0.1) is 0 Å². The van der Waals surface area contributed by atoms with E-state index in [1.807, 2.05) is 24.0 Å². The van der Waals surface area contributed by atoms with E-state index in [2.05, 4.69) is 24.6 Å². The standard InChI is InChI=1S/C27H29F2N7O3/c1-16-5-8-24(39-26(28)29)22(32-16)15-36-23-11-19(6-7-21(23)25(38)33(36)4)20-12-30-27(31-13-20)34-9-10-35(18(3)37)17(2)14-34/h5-8,11-13,17,26H,9-10,14-15H2,1-4H3. The van der Waals surface area contributed by atoms with Gasteiger partial charge in [0.25, 0.3) is 5.56 Å². The fraction of sp³-hybridized carbons (Fsp3) is 0.370. The molecule has 0 saturated carbocycles. The lowest BCUT2D eigenvalue weighted by atomic mass is 10.1. The van der Waals surface area contributed by atoms with Gasteiger partial charge < -0.3 is 14.5 Å². The van der Waals surface area contributed by atoms with Crippen LogP contribution in [0, 0.1) is 6.92 Å². The molecule has 1 aliphatic heterocycles. The first-order chi connectivity index (χ1) is 18.6. The van der Waals surface area contributed by atoms with Crippen LogP contribution in [-0.4, -0.2) is 67.4 Å².